The Balaban J connectivity index is 1.32. The Kier molecular flexibility index (Phi) is 7.43. The first-order valence-corrected chi connectivity index (χ1v) is 14.7. The highest BCUT2D eigenvalue weighted by Crippen LogP contribution is 2.45. The molecule has 3 aromatic carbocycles. The fraction of sp³-hybridized carbons (Fsp3) is 0.312. The summed E-state index contributed by atoms with van der Waals surface area (Å²) in [6.45, 7) is 7.95. The van der Waals surface area contributed by atoms with E-state index in [0.717, 1.165) is 71.5 Å². The van der Waals surface area contributed by atoms with Gasteiger partial charge in [0.05, 0.1) is 28.7 Å². The third kappa shape index (κ3) is 4.92. The molecule has 206 valence electrons. The molecule has 0 spiro atoms. The number of benzene rings is 3. The van der Waals surface area contributed by atoms with Gasteiger partial charge < -0.3 is 23.4 Å². The maximum Gasteiger partial charge on any atom is 0.182 e. The lowest BCUT2D eigenvalue weighted by Crippen LogP contribution is -2.20. The Bertz CT molecular complexity index is 1640. The predicted molar refractivity (Wildman–Crippen MR) is 163 cm³/mol. The molecule has 1 N–H and O–H groups in total. The summed E-state index contributed by atoms with van der Waals surface area (Å²) < 4.78 is 16.7. The third-order valence-electron chi connectivity index (χ3n) is 7.83. The van der Waals surface area contributed by atoms with E-state index in [1.165, 1.54) is 22.5 Å². The molecule has 8 heteroatoms. The fourth-order valence-corrected chi connectivity index (χ4v) is 6.33. The summed E-state index contributed by atoms with van der Waals surface area (Å²) >= 11 is 1.57. The minimum absolute atomic E-state index is 0.322. The number of para-hydroxylation sites is 2. The number of nitrogens with zero attached hydrogens (tertiary/aromatic N) is 4. The first kappa shape index (κ1) is 26.3. The highest BCUT2D eigenvalue weighted by Gasteiger charge is 2.31. The van der Waals surface area contributed by atoms with Crippen molar-refractivity contribution in [2.45, 2.75) is 57.4 Å². The average molecular weight is 554 g/mol. The summed E-state index contributed by atoms with van der Waals surface area (Å²) in [7, 11) is 1.71. The highest BCUT2D eigenvalue weighted by atomic mass is 32.2. The van der Waals surface area contributed by atoms with Crippen LogP contribution in [0.2, 0.25) is 0 Å². The van der Waals surface area contributed by atoms with E-state index < -0.39 is 0 Å². The molecular formula is C32H35N5O2S. The van der Waals surface area contributed by atoms with E-state index in [4.69, 9.17) is 14.2 Å². The topological polar surface area (TPSA) is 68.3 Å². The van der Waals surface area contributed by atoms with E-state index >= 15 is 0 Å². The Morgan fingerprint density at radius 3 is 2.62 bits per heavy atom. The molecule has 0 bridgehead atoms. The molecule has 0 fully saturated rings. The Morgan fingerprint density at radius 2 is 1.85 bits per heavy atom. The van der Waals surface area contributed by atoms with Crippen LogP contribution in [-0.2, 0) is 13.0 Å². The molecule has 0 amide bonds. The van der Waals surface area contributed by atoms with Crippen molar-refractivity contribution < 1.29 is 9.26 Å². The molecule has 7 nitrogen and oxygen atoms in total. The monoisotopic (exact) mass is 553 g/mol. The lowest BCUT2D eigenvalue weighted by atomic mass is 10.0. The quantitative estimate of drug-likeness (QED) is 0.176. The number of hydrogen-bond donors (Lipinski definition) is 1. The molecule has 6 rings (SSSR count). The number of aromatic nitrogens is 3. The van der Waals surface area contributed by atoms with Crippen LogP contribution in [0.3, 0.4) is 0 Å². The number of fused-ring (bicyclic) bond motifs is 2. The summed E-state index contributed by atoms with van der Waals surface area (Å²) in [6.07, 6.45) is 3.23. The van der Waals surface area contributed by atoms with Crippen LogP contribution in [0.4, 0.5) is 17.2 Å². The summed E-state index contributed by atoms with van der Waals surface area (Å²) in [5, 5.41) is 4.18. The van der Waals surface area contributed by atoms with Crippen molar-refractivity contribution >= 4 is 40.2 Å². The van der Waals surface area contributed by atoms with Crippen LogP contribution < -0.4 is 14.4 Å². The van der Waals surface area contributed by atoms with Crippen LogP contribution in [0, 0.1) is 13.8 Å². The normalized spacial score (nSPS) is 14.6. The van der Waals surface area contributed by atoms with Gasteiger partial charge in [-0.25, -0.2) is 4.98 Å². The van der Waals surface area contributed by atoms with Gasteiger partial charge in [-0.05, 0) is 68.1 Å². The standard InChI is InChI=1S/C32H35N5O2S/c1-5-6-15-31-33-26-18-24(38-4)16-17-28(26)37(31)20-23-19-36(27-12-8-7-11-25(23)27)29-13-9-10-14-30(29)40-35-32-21(2)22(3)39-34-32/h7-14,16-18,23H,5-6,15,19-20H2,1-4H3,(H,34,35). The van der Waals surface area contributed by atoms with Crippen molar-refractivity contribution in [3.05, 3.63) is 89.4 Å². The zero-order valence-corrected chi connectivity index (χ0v) is 24.3. The van der Waals surface area contributed by atoms with Crippen molar-refractivity contribution in [2.24, 2.45) is 0 Å². The molecule has 1 atom stereocenters. The van der Waals surface area contributed by atoms with Crippen LogP contribution in [0.5, 0.6) is 5.75 Å². The second-order valence-electron chi connectivity index (χ2n) is 10.3. The largest absolute Gasteiger partial charge is 0.497 e. The lowest BCUT2D eigenvalue weighted by molar-refractivity contribution is 0.399. The summed E-state index contributed by atoms with van der Waals surface area (Å²) in [5.41, 5.74) is 7.01. The van der Waals surface area contributed by atoms with E-state index in [1.807, 2.05) is 19.9 Å². The zero-order chi connectivity index (χ0) is 27.6. The predicted octanol–water partition coefficient (Wildman–Crippen LogP) is 8.05. The van der Waals surface area contributed by atoms with Crippen molar-refractivity contribution in [1.29, 1.82) is 0 Å². The molecule has 40 heavy (non-hydrogen) atoms. The number of anilines is 3. The van der Waals surface area contributed by atoms with Gasteiger partial charge in [0.15, 0.2) is 5.82 Å². The third-order valence-corrected chi connectivity index (χ3v) is 8.69. The molecule has 3 heterocycles. The minimum atomic E-state index is 0.322. The second kappa shape index (κ2) is 11.3. The summed E-state index contributed by atoms with van der Waals surface area (Å²) in [6, 6.07) is 23.6. The lowest BCUT2D eigenvalue weighted by Gasteiger charge is -2.23. The number of aryl methyl sites for hydroxylation is 2. The maximum atomic E-state index is 5.49. The summed E-state index contributed by atoms with van der Waals surface area (Å²) in [4.78, 5) is 8.65. The van der Waals surface area contributed by atoms with Gasteiger partial charge in [0, 0.05) is 42.7 Å². The van der Waals surface area contributed by atoms with Crippen LogP contribution >= 0.6 is 11.9 Å². The first-order valence-electron chi connectivity index (χ1n) is 13.9. The van der Waals surface area contributed by atoms with Gasteiger partial charge in [-0.2, -0.15) is 0 Å². The molecule has 1 aliphatic heterocycles. The van der Waals surface area contributed by atoms with Crippen LogP contribution in [0.15, 0.2) is 76.1 Å². The maximum absolute atomic E-state index is 5.49. The van der Waals surface area contributed by atoms with Gasteiger partial charge in [-0.1, -0.05) is 48.8 Å². The Morgan fingerprint density at radius 1 is 1.05 bits per heavy atom. The number of hydrogen-bond acceptors (Lipinski definition) is 7. The van der Waals surface area contributed by atoms with Crippen molar-refractivity contribution in [3.63, 3.8) is 0 Å². The summed E-state index contributed by atoms with van der Waals surface area (Å²) in [5.74, 6) is 3.91. The van der Waals surface area contributed by atoms with E-state index in [-0.39, 0.29) is 0 Å². The van der Waals surface area contributed by atoms with Crippen LogP contribution in [0.25, 0.3) is 11.0 Å². The molecule has 0 radical (unpaired) electrons. The smallest absolute Gasteiger partial charge is 0.182 e. The van der Waals surface area contributed by atoms with Crippen molar-refractivity contribution in [1.82, 2.24) is 14.7 Å². The zero-order valence-electron chi connectivity index (χ0n) is 23.5. The average Bonchev–Trinajstić information content (AvgIpc) is 3.64. The molecule has 0 aliphatic carbocycles. The van der Waals surface area contributed by atoms with E-state index in [2.05, 4.69) is 86.9 Å². The van der Waals surface area contributed by atoms with Gasteiger partial charge in [0.25, 0.3) is 0 Å². The number of imidazole rings is 1. The number of nitrogens with one attached hydrogen (secondary N) is 1. The van der Waals surface area contributed by atoms with Crippen molar-refractivity contribution in [3.8, 4) is 5.75 Å². The number of methoxy groups -OCH3 is 1. The van der Waals surface area contributed by atoms with Crippen LogP contribution in [-0.4, -0.2) is 28.4 Å². The van der Waals surface area contributed by atoms with E-state index in [9.17, 15) is 0 Å². The van der Waals surface area contributed by atoms with Gasteiger partial charge in [-0.15, -0.1) is 0 Å². The molecular weight excluding hydrogens is 518 g/mol. The van der Waals surface area contributed by atoms with Crippen LogP contribution in [0.1, 0.15) is 48.4 Å². The fourth-order valence-electron chi connectivity index (χ4n) is 5.50. The Hall–Kier alpha value is -3.91. The molecule has 0 saturated carbocycles. The number of ether oxygens (including phenoxy) is 1. The molecule has 1 aliphatic rings. The van der Waals surface area contributed by atoms with Gasteiger partial charge >= 0.3 is 0 Å². The number of unbranched alkanes of at least 4 members (excludes halogenated alkanes) is 1. The van der Waals surface area contributed by atoms with E-state index in [0.29, 0.717) is 5.92 Å². The molecule has 2 aromatic heterocycles. The first-order chi connectivity index (χ1) is 19.6. The Labute approximate surface area is 239 Å². The molecule has 5 aromatic rings. The second-order valence-corrected chi connectivity index (χ2v) is 11.2. The minimum Gasteiger partial charge on any atom is -0.497 e. The molecule has 1 unspecified atom stereocenters. The highest BCUT2D eigenvalue weighted by molar-refractivity contribution is 8.00. The van der Waals surface area contributed by atoms with Crippen molar-refractivity contribution in [2.75, 3.05) is 23.3 Å². The van der Waals surface area contributed by atoms with Gasteiger partial charge in [0.2, 0.25) is 0 Å². The van der Waals surface area contributed by atoms with Gasteiger partial charge in [0.1, 0.15) is 17.3 Å². The van der Waals surface area contributed by atoms with E-state index in [1.54, 1.807) is 19.1 Å². The van der Waals surface area contributed by atoms with Gasteiger partial charge in [-0.3, -0.25) is 0 Å². The molecule has 0 saturated heterocycles. The SMILES string of the molecule is CCCCc1nc2cc(OC)ccc2n1CC1CN(c2ccccc2SNc2noc(C)c2C)c2ccccc21. The number of rotatable bonds is 10.